The second-order valence-electron chi connectivity index (χ2n) is 12.0. The van der Waals surface area contributed by atoms with Crippen molar-refractivity contribution in [1.29, 1.82) is 0 Å². The summed E-state index contributed by atoms with van der Waals surface area (Å²) in [6.45, 7) is 5.88. The Bertz CT molecular complexity index is 1600. The number of esters is 1. The zero-order valence-electron chi connectivity index (χ0n) is 25.3. The highest BCUT2D eigenvalue weighted by Crippen LogP contribution is 2.41. The summed E-state index contributed by atoms with van der Waals surface area (Å²) in [5, 5.41) is 0. The molecule has 1 unspecified atom stereocenters. The standard InChI is InChI=1S/C35H37FN2O6/c1-24-21-37(33(41)38(31(24)39)23-42-32(40)34(2,3)4)30-20-28(36)29(44-30)22-43-35(25-14-8-5-9-15-25,26-16-10-6-11-17-26)27-18-12-7-13-19-27/h5-19,21,28-30H,20,22-23H2,1-4H3/t28?,29-,30-/m1/s1. The number of hydrogen-bond donors (Lipinski definition) is 0. The number of hydrogen-bond acceptors (Lipinski definition) is 6. The van der Waals surface area contributed by atoms with E-state index in [0.717, 1.165) is 21.3 Å². The highest BCUT2D eigenvalue weighted by molar-refractivity contribution is 5.75. The summed E-state index contributed by atoms with van der Waals surface area (Å²) < 4.78 is 35.8. The number of carbonyl (C=O) groups is 1. The van der Waals surface area contributed by atoms with Crippen LogP contribution in [0.3, 0.4) is 0 Å². The Morgan fingerprint density at radius 2 is 1.39 bits per heavy atom. The highest BCUT2D eigenvalue weighted by Gasteiger charge is 2.42. The Labute approximate surface area is 255 Å². The van der Waals surface area contributed by atoms with Crippen LogP contribution in [-0.4, -0.2) is 34.0 Å². The van der Waals surface area contributed by atoms with Crippen LogP contribution in [0.1, 0.15) is 55.7 Å². The van der Waals surface area contributed by atoms with Crippen LogP contribution >= 0.6 is 0 Å². The molecule has 0 bridgehead atoms. The maximum atomic E-state index is 15.6. The maximum absolute atomic E-state index is 15.6. The van der Waals surface area contributed by atoms with Crippen LogP contribution in [0.25, 0.3) is 0 Å². The molecule has 0 N–H and O–H groups in total. The monoisotopic (exact) mass is 600 g/mol. The van der Waals surface area contributed by atoms with E-state index in [-0.39, 0.29) is 18.6 Å². The Morgan fingerprint density at radius 3 is 1.86 bits per heavy atom. The molecule has 9 heteroatoms. The number of aromatic nitrogens is 2. The predicted octanol–water partition coefficient (Wildman–Crippen LogP) is 5.50. The minimum atomic E-state index is -1.45. The van der Waals surface area contributed by atoms with Gasteiger partial charge in [-0.05, 0) is 44.4 Å². The van der Waals surface area contributed by atoms with Crippen molar-refractivity contribution in [1.82, 2.24) is 9.13 Å². The molecule has 1 aliphatic rings. The van der Waals surface area contributed by atoms with Crippen molar-refractivity contribution < 1.29 is 23.4 Å². The van der Waals surface area contributed by atoms with E-state index in [1.165, 1.54) is 17.7 Å². The molecule has 1 saturated heterocycles. The largest absolute Gasteiger partial charge is 0.443 e. The Morgan fingerprint density at radius 1 is 0.886 bits per heavy atom. The zero-order chi connectivity index (χ0) is 31.5. The first-order valence-electron chi connectivity index (χ1n) is 14.6. The number of ether oxygens (including phenoxy) is 3. The number of aryl methyl sites for hydroxylation is 1. The number of carbonyl (C=O) groups excluding carboxylic acids is 1. The molecule has 1 fully saturated rings. The molecule has 44 heavy (non-hydrogen) atoms. The van der Waals surface area contributed by atoms with Crippen LogP contribution in [0.4, 0.5) is 4.39 Å². The zero-order valence-corrected chi connectivity index (χ0v) is 25.3. The summed E-state index contributed by atoms with van der Waals surface area (Å²) >= 11 is 0. The van der Waals surface area contributed by atoms with Gasteiger partial charge in [0.2, 0.25) is 0 Å². The van der Waals surface area contributed by atoms with Crippen LogP contribution < -0.4 is 11.2 Å². The lowest BCUT2D eigenvalue weighted by molar-refractivity contribution is -0.157. The molecule has 1 aromatic heterocycles. The molecule has 5 rings (SSSR count). The van der Waals surface area contributed by atoms with Gasteiger partial charge in [-0.2, -0.15) is 0 Å². The first-order valence-corrected chi connectivity index (χ1v) is 14.6. The van der Waals surface area contributed by atoms with E-state index in [1.807, 2.05) is 91.0 Å². The Hall–Kier alpha value is -4.34. The van der Waals surface area contributed by atoms with E-state index in [4.69, 9.17) is 14.2 Å². The van der Waals surface area contributed by atoms with Crippen LogP contribution in [0.2, 0.25) is 0 Å². The van der Waals surface area contributed by atoms with Crippen molar-refractivity contribution in [3.8, 4) is 0 Å². The van der Waals surface area contributed by atoms with Crippen molar-refractivity contribution in [3.63, 3.8) is 0 Å². The lowest BCUT2D eigenvalue weighted by Crippen LogP contribution is -2.43. The molecule has 0 radical (unpaired) electrons. The van der Waals surface area contributed by atoms with Gasteiger partial charge in [0.25, 0.3) is 5.56 Å². The topological polar surface area (TPSA) is 88.8 Å². The minimum absolute atomic E-state index is 0.118. The molecular weight excluding hydrogens is 563 g/mol. The minimum Gasteiger partial charge on any atom is -0.443 e. The number of rotatable bonds is 9. The van der Waals surface area contributed by atoms with Crippen LogP contribution in [0.5, 0.6) is 0 Å². The Balaban J connectivity index is 1.44. The number of benzene rings is 3. The molecule has 0 amide bonds. The van der Waals surface area contributed by atoms with Gasteiger partial charge in [0, 0.05) is 18.2 Å². The van der Waals surface area contributed by atoms with Crippen molar-refractivity contribution in [2.75, 3.05) is 6.61 Å². The van der Waals surface area contributed by atoms with Crippen molar-refractivity contribution in [3.05, 3.63) is 140 Å². The maximum Gasteiger partial charge on any atom is 0.335 e. The highest BCUT2D eigenvalue weighted by atomic mass is 19.1. The summed E-state index contributed by atoms with van der Waals surface area (Å²) in [6, 6.07) is 29.2. The molecule has 0 aliphatic carbocycles. The summed E-state index contributed by atoms with van der Waals surface area (Å²) in [5.41, 5.74) is -0.406. The fraction of sp³-hybridized carbons (Fsp3) is 0.343. The second-order valence-corrected chi connectivity index (χ2v) is 12.0. The van der Waals surface area contributed by atoms with Crippen molar-refractivity contribution in [2.45, 2.75) is 65.0 Å². The van der Waals surface area contributed by atoms with Crippen molar-refractivity contribution >= 4 is 5.97 Å². The van der Waals surface area contributed by atoms with E-state index in [1.54, 1.807) is 20.8 Å². The van der Waals surface area contributed by atoms with Gasteiger partial charge in [0.1, 0.15) is 24.1 Å². The van der Waals surface area contributed by atoms with E-state index in [2.05, 4.69) is 0 Å². The van der Waals surface area contributed by atoms with Gasteiger partial charge in [0.15, 0.2) is 6.73 Å². The average molecular weight is 601 g/mol. The number of halogens is 1. The van der Waals surface area contributed by atoms with Gasteiger partial charge >= 0.3 is 11.7 Å². The predicted molar refractivity (Wildman–Crippen MR) is 164 cm³/mol. The fourth-order valence-electron chi connectivity index (χ4n) is 5.40. The first-order chi connectivity index (χ1) is 21.0. The molecule has 4 aromatic rings. The fourth-order valence-corrected chi connectivity index (χ4v) is 5.40. The van der Waals surface area contributed by atoms with E-state index < -0.39 is 53.5 Å². The normalized spacial score (nSPS) is 18.7. The molecule has 0 saturated carbocycles. The molecule has 3 aromatic carbocycles. The van der Waals surface area contributed by atoms with Crippen LogP contribution in [0.15, 0.2) is 107 Å². The SMILES string of the molecule is Cc1cn([C@H]2CC(F)[C@@H](COC(c3ccccc3)(c3ccccc3)c3ccccc3)O2)c(=O)n(COC(=O)C(C)(C)C)c1=O. The quantitative estimate of drug-likeness (QED) is 0.186. The third-order valence-electron chi connectivity index (χ3n) is 7.78. The molecule has 3 atom stereocenters. The second kappa shape index (κ2) is 12.7. The summed E-state index contributed by atoms with van der Waals surface area (Å²) in [7, 11) is 0. The third-order valence-corrected chi connectivity index (χ3v) is 7.78. The molecular formula is C35H37FN2O6. The molecule has 0 spiro atoms. The van der Waals surface area contributed by atoms with Gasteiger partial charge in [-0.3, -0.25) is 14.2 Å². The molecule has 2 heterocycles. The first kappa shape index (κ1) is 31.1. The summed E-state index contributed by atoms with van der Waals surface area (Å²) in [5.74, 6) is -0.561. The molecule has 8 nitrogen and oxygen atoms in total. The summed E-state index contributed by atoms with van der Waals surface area (Å²) in [4.78, 5) is 38.5. The number of nitrogens with zero attached hydrogens (tertiary/aromatic N) is 2. The van der Waals surface area contributed by atoms with Gasteiger partial charge in [0.05, 0.1) is 12.0 Å². The number of alkyl halides is 1. The molecule has 1 aliphatic heterocycles. The van der Waals surface area contributed by atoms with Gasteiger partial charge in [-0.1, -0.05) is 91.0 Å². The van der Waals surface area contributed by atoms with Crippen LogP contribution in [-0.2, 0) is 31.3 Å². The lowest BCUT2D eigenvalue weighted by atomic mass is 9.80. The Kier molecular flexibility index (Phi) is 8.99. The smallest absolute Gasteiger partial charge is 0.335 e. The van der Waals surface area contributed by atoms with E-state index in [0.29, 0.717) is 0 Å². The third kappa shape index (κ3) is 6.16. The van der Waals surface area contributed by atoms with Gasteiger partial charge in [-0.25, -0.2) is 13.8 Å². The van der Waals surface area contributed by atoms with E-state index in [9.17, 15) is 14.4 Å². The average Bonchev–Trinajstić information content (AvgIpc) is 3.40. The van der Waals surface area contributed by atoms with E-state index >= 15 is 4.39 Å². The van der Waals surface area contributed by atoms with Crippen molar-refractivity contribution in [2.24, 2.45) is 5.41 Å². The van der Waals surface area contributed by atoms with Gasteiger partial charge in [-0.15, -0.1) is 0 Å². The summed E-state index contributed by atoms with van der Waals surface area (Å²) in [6.07, 6.45) is -2.21. The van der Waals surface area contributed by atoms with Crippen LogP contribution in [0, 0.1) is 12.3 Å². The van der Waals surface area contributed by atoms with Gasteiger partial charge < -0.3 is 14.2 Å². The lowest BCUT2D eigenvalue weighted by Gasteiger charge is -2.36. The molecule has 230 valence electrons.